The zero-order chi connectivity index (χ0) is 15.3. The van der Waals surface area contributed by atoms with Crippen molar-refractivity contribution in [2.45, 2.75) is 64.5 Å². The molecule has 0 bridgehead atoms. The van der Waals surface area contributed by atoms with Crippen molar-refractivity contribution in [2.24, 2.45) is 7.05 Å². The van der Waals surface area contributed by atoms with Crippen LogP contribution in [0.1, 0.15) is 64.5 Å². The van der Waals surface area contributed by atoms with Crippen molar-refractivity contribution >= 4 is 0 Å². The van der Waals surface area contributed by atoms with Gasteiger partial charge in [0, 0.05) is 24.3 Å². The molecule has 21 heavy (non-hydrogen) atoms. The molecule has 1 aliphatic heterocycles. The number of likely N-dealkylation sites (tertiary alicyclic amines) is 1. The Labute approximate surface area is 129 Å². The lowest BCUT2D eigenvalue weighted by molar-refractivity contribution is 0.0616. The molecule has 0 amide bonds. The second kappa shape index (κ2) is 7.41. The Bertz CT molecular complexity index is 416. The molecule has 1 aliphatic rings. The van der Waals surface area contributed by atoms with Gasteiger partial charge >= 0.3 is 0 Å². The molecular weight excluding hydrogens is 260 g/mol. The second-order valence-electron chi connectivity index (χ2n) is 6.34. The number of nitrogens with zero attached hydrogens (tertiary/aromatic N) is 3. The fourth-order valence-corrected chi connectivity index (χ4v) is 3.95. The lowest BCUT2D eigenvalue weighted by Gasteiger charge is -2.47. The Morgan fingerprint density at radius 1 is 1.24 bits per heavy atom. The van der Waals surface area contributed by atoms with Crippen molar-refractivity contribution in [3.05, 3.63) is 18.0 Å². The monoisotopic (exact) mass is 292 g/mol. The normalized spacial score (nSPS) is 18.3. The summed E-state index contributed by atoms with van der Waals surface area (Å²) in [6.07, 6.45) is 10.4. The van der Waals surface area contributed by atoms with Gasteiger partial charge in [0.05, 0.1) is 12.2 Å². The van der Waals surface area contributed by atoms with Gasteiger partial charge in [0.15, 0.2) is 0 Å². The van der Waals surface area contributed by atoms with Gasteiger partial charge in [-0.2, -0.15) is 5.10 Å². The molecule has 0 radical (unpaired) electrons. The maximum atomic E-state index is 4.41. The summed E-state index contributed by atoms with van der Waals surface area (Å²) in [6.45, 7) is 10.5. The molecule has 1 N–H and O–H groups in total. The zero-order valence-corrected chi connectivity index (χ0v) is 14.2. The minimum atomic E-state index is 0.217. The molecule has 0 aliphatic carbocycles. The van der Waals surface area contributed by atoms with Crippen LogP contribution in [0.4, 0.5) is 0 Å². The molecule has 2 heterocycles. The van der Waals surface area contributed by atoms with Gasteiger partial charge < -0.3 is 5.32 Å². The first-order valence-electron chi connectivity index (χ1n) is 8.65. The van der Waals surface area contributed by atoms with E-state index in [-0.39, 0.29) is 5.54 Å². The lowest BCUT2D eigenvalue weighted by Crippen LogP contribution is -2.55. The number of aromatic nitrogens is 2. The minimum absolute atomic E-state index is 0.217. The number of rotatable bonds is 8. The summed E-state index contributed by atoms with van der Waals surface area (Å²) in [6, 6.07) is 0.374. The topological polar surface area (TPSA) is 33.1 Å². The maximum Gasteiger partial charge on any atom is 0.0538 e. The van der Waals surface area contributed by atoms with Gasteiger partial charge in [-0.05, 0) is 51.7 Å². The van der Waals surface area contributed by atoms with Gasteiger partial charge in [-0.15, -0.1) is 0 Å². The first-order chi connectivity index (χ1) is 10.2. The van der Waals surface area contributed by atoms with Crippen molar-refractivity contribution < 1.29 is 0 Å². The highest BCUT2D eigenvalue weighted by molar-refractivity contribution is 5.18. The van der Waals surface area contributed by atoms with Gasteiger partial charge in [0.1, 0.15) is 0 Å². The third-order valence-corrected chi connectivity index (χ3v) is 5.15. The zero-order valence-electron chi connectivity index (χ0n) is 14.2. The molecule has 1 fully saturated rings. The highest BCUT2D eigenvalue weighted by Gasteiger charge is 2.42. The van der Waals surface area contributed by atoms with Crippen LogP contribution in [0.15, 0.2) is 12.4 Å². The van der Waals surface area contributed by atoms with Gasteiger partial charge in [-0.1, -0.05) is 20.8 Å². The summed E-state index contributed by atoms with van der Waals surface area (Å²) in [7, 11) is 2.01. The van der Waals surface area contributed by atoms with E-state index in [1.54, 1.807) is 0 Å². The van der Waals surface area contributed by atoms with Crippen molar-refractivity contribution in [1.82, 2.24) is 20.0 Å². The molecule has 120 valence electrons. The van der Waals surface area contributed by atoms with E-state index < -0.39 is 0 Å². The lowest BCUT2D eigenvalue weighted by atomic mass is 9.80. The van der Waals surface area contributed by atoms with Crippen molar-refractivity contribution in [3.63, 3.8) is 0 Å². The molecule has 0 spiro atoms. The highest BCUT2D eigenvalue weighted by atomic mass is 15.3. The predicted octanol–water partition coefficient (Wildman–Crippen LogP) is 3.12. The fourth-order valence-electron chi connectivity index (χ4n) is 3.95. The van der Waals surface area contributed by atoms with Crippen LogP contribution >= 0.6 is 0 Å². The highest BCUT2D eigenvalue weighted by Crippen LogP contribution is 2.39. The van der Waals surface area contributed by atoms with Gasteiger partial charge in [0.25, 0.3) is 0 Å². The van der Waals surface area contributed by atoms with E-state index in [0.717, 1.165) is 6.54 Å². The third-order valence-electron chi connectivity index (χ3n) is 5.15. The molecule has 1 unspecified atom stereocenters. The number of nitrogens with one attached hydrogen (secondary N) is 1. The Hall–Kier alpha value is -0.870. The van der Waals surface area contributed by atoms with E-state index in [1.807, 2.05) is 17.9 Å². The van der Waals surface area contributed by atoms with E-state index >= 15 is 0 Å². The molecule has 0 saturated carbocycles. The average Bonchev–Trinajstić information content (AvgIpc) is 3.16. The Morgan fingerprint density at radius 3 is 2.38 bits per heavy atom. The van der Waals surface area contributed by atoms with Gasteiger partial charge in [0.2, 0.25) is 0 Å². The minimum Gasteiger partial charge on any atom is -0.308 e. The molecule has 0 aromatic carbocycles. The van der Waals surface area contributed by atoms with Crippen LogP contribution in [0.5, 0.6) is 0 Å². The van der Waals surface area contributed by atoms with Crippen molar-refractivity contribution in [3.8, 4) is 0 Å². The standard InChI is InChI=1S/C17H32N4/c1-5-10-18-16(15-13-19-20(4)14-15)17(6-2,7-3)21-11-8-9-12-21/h13-14,16,18H,5-12H2,1-4H3. The number of aryl methyl sites for hydroxylation is 1. The molecule has 1 atom stereocenters. The first-order valence-corrected chi connectivity index (χ1v) is 8.65. The van der Waals surface area contributed by atoms with Gasteiger partial charge in [-0.25, -0.2) is 0 Å². The quantitative estimate of drug-likeness (QED) is 0.799. The maximum absolute atomic E-state index is 4.41. The fraction of sp³-hybridized carbons (Fsp3) is 0.824. The SMILES string of the molecule is CCCNC(c1cnn(C)c1)C(CC)(CC)N1CCCC1. The van der Waals surface area contributed by atoms with Crippen LogP contribution in [0, 0.1) is 0 Å². The van der Waals surface area contributed by atoms with Crippen LogP contribution < -0.4 is 5.32 Å². The Balaban J connectivity index is 2.33. The largest absolute Gasteiger partial charge is 0.308 e. The summed E-state index contributed by atoms with van der Waals surface area (Å²) >= 11 is 0. The summed E-state index contributed by atoms with van der Waals surface area (Å²) in [5.74, 6) is 0. The summed E-state index contributed by atoms with van der Waals surface area (Å²) in [4.78, 5) is 2.73. The Kier molecular flexibility index (Phi) is 5.82. The predicted molar refractivity (Wildman–Crippen MR) is 88.4 cm³/mol. The van der Waals surface area contributed by atoms with Crippen LogP contribution in [0.3, 0.4) is 0 Å². The molecule has 4 heteroatoms. The molecule has 1 aromatic heterocycles. The average molecular weight is 292 g/mol. The van der Waals surface area contributed by atoms with E-state index in [2.05, 4.69) is 42.3 Å². The molecule has 2 rings (SSSR count). The van der Waals surface area contributed by atoms with E-state index in [4.69, 9.17) is 0 Å². The summed E-state index contributed by atoms with van der Waals surface area (Å²) < 4.78 is 1.93. The van der Waals surface area contributed by atoms with Gasteiger partial charge in [-0.3, -0.25) is 9.58 Å². The summed E-state index contributed by atoms with van der Waals surface area (Å²) in [5.41, 5.74) is 1.55. The van der Waals surface area contributed by atoms with Crippen molar-refractivity contribution in [1.29, 1.82) is 0 Å². The molecule has 4 nitrogen and oxygen atoms in total. The van der Waals surface area contributed by atoms with Crippen molar-refractivity contribution in [2.75, 3.05) is 19.6 Å². The van der Waals surface area contributed by atoms with E-state index in [1.165, 1.54) is 50.8 Å². The number of hydrogen-bond donors (Lipinski definition) is 1. The smallest absolute Gasteiger partial charge is 0.0538 e. The Morgan fingerprint density at radius 2 is 1.90 bits per heavy atom. The van der Waals surface area contributed by atoms with E-state index in [0.29, 0.717) is 6.04 Å². The van der Waals surface area contributed by atoms with Crippen LogP contribution in [0.2, 0.25) is 0 Å². The van der Waals surface area contributed by atoms with Crippen LogP contribution in [0.25, 0.3) is 0 Å². The first kappa shape index (κ1) is 16.5. The molecule has 1 saturated heterocycles. The number of hydrogen-bond acceptors (Lipinski definition) is 3. The summed E-state index contributed by atoms with van der Waals surface area (Å²) in [5, 5.41) is 8.24. The molecule has 1 aromatic rings. The molecular formula is C17H32N4. The van der Waals surface area contributed by atoms with E-state index in [9.17, 15) is 0 Å². The third kappa shape index (κ3) is 3.32. The van der Waals surface area contributed by atoms with Crippen LogP contribution in [-0.4, -0.2) is 39.9 Å². The second-order valence-corrected chi connectivity index (χ2v) is 6.34. The van der Waals surface area contributed by atoms with Crippen LogP contribution in [-0.2, 0) is 7.05 Å².